The van der Waals surface area contributed by atoms with E-state index in [0.717, 1.165) is 41.7 Å². The Morgan fingerprint density at radius 3 is 2.95 bits per heavy atom. The first-order valence-electron chi connectivity index (χ1n) is 6.75. The lowest BCUT2D eigenvalue weighted by Crippen LogP contribution is -2.08. The van der Waals surface area contributed by atoms with Gasteiger partial charge < -0.3 is 10.1 Å². The minimum Gasteiger partial charge on any atom is -0.382 e. The Labute approximate surface area is 118 Å². The molecule has 1 aromatic carbocycles. The number of hydrogen-bond acceptors (Lipinski definition) is 5. The maximum Gasteiger partial charge on any atom is 0.186 e. The second kappa shape index (κ2) is 6.83. The van der Waals surface area contributed by atoms with Gasteiger partial charge in [0.1, 0.15) is 6.07 Å². The fraction of sp³-hybridized carbons (Fsp3) is 0.400. The Hall–Kier alpha value is -2.19. The number of rotatable bonds is 6. The summed E-state index contributed by atoms with van der Waals surface area (Å²) in [7, 11) is 0. The first-order chi connectivity index (χ1) is 9.76. The maximum atomic E-state index is 9.17. The summed E-state index contributed by atoms with van der Waals surface area (Å²) in [4.78, 5) is 0. The molecule has 0 fully saturated rings. The van der Waals surface area contributed by atoms with Crippen LogP contribution in [0.5, 0.6) is 0 Å². The van der Waals surface area contributed by atoms with Crippen molar-refractivity contribution in [2.24, 2.45) is 0 Å². The van der Waals surface area contributed by atoms with Gasteiger partial charge in [-0.15, -0.1) is 10.2 Å². The third-order valence-electron chi connectivity index (χ3n) is 2.99. The van der Waals surface area contributed by atoms with E-state index in [1.54, 1.807) is 0 Å². The van der Waals surface area contributed by atoms with Gasteiger partial charge >= 0.3 is 0 Å². The molecular weight excluding hydrogens is 252 g/mol. The number of aryl methyl sites for hydroxylation is 1. The van der Waals surface area contributed by atoms with Gasteiger partial charge in [0.05, 0.1) is 11.2 Å². The summed E-state index contributed by atoms with van der Waals surface area (Å²) in [6.07, 6.45) is 0.883. The van der Waals surface area contributed by atoms with Crippen molar-refractivity contribution in [2.75, 3.05) is 25.1 Å². The van der Waals surface area contributed by atoms with E-state index in [9.17, 15) is 5.26 Å². The number of nitrogens with one attached hydrogen (secondary N) is 1. The summed E-state index contributed by atoms with van der Waals surface area (Å²) >= 11 is 0. The van der Waals surface area contributed by atoms with Gasteiger partial charge in [-0.25, -0.2) is 0 Å². The lowest BCUT2D eigenvalue weighted by Gasteiger charge is -2.10. The molecule has 1 aromatic heterocycles. The van der Waals surface area contributed by atoms with Crippen molar-refractivity contribution in [1.82, 2.24) is 10.2 Å². The Bertz CT molecular complexity index is 634. The zero-order valence-electron chi connectivity index (χ0n) is 11.8. The molecular formula is C15H18N4O. The SMILES string of the molecule is CCOCCCNc1c(C#N)nnc2ccc(C)cc12. The predicted molar refractivity (Wildman–Crippen MR) is 78.6 cm³/mol. The number of fused-ring (bicyclic) bond motifs is 1. The molecule has 0 aliphatic rings. The fourth-order valence-corrected chi connectivity index (χ4v) is 2.01. The van der Waals surface area contributed by atoms with Crippen LogP contribution in [0.25, 0.3) is 10.9 Å². The third-order valence-corrected chi connectivity index (χ3v) is 2.99. The molecule has 0 aliphatic heterocycles. The number of nitrogens with zero attached hydrogens (tertiary/aromatic N) is 3. The van der Waals surface area contributed by atoms with Crippen LogP contribution in [-0.4, -0.2) is 30.0 Å². The summed E-state index contributed by atoms with van der Waals surface area (Å²) in [6, 6.07) is 8.02. The van der Waals surface area contributed by atoms with Gasteiger partial charge in [0, 0.05) is 25.1 Å². The summed E-state index contributed by atoms with van der Waals surface area (Å²) in [6.45, 7) is 6.17. The van der Waals surface area contributed by atoms with Crippen molar-refractivity contribution in [3.63, 3.8) is 0 Å². The minimum absolute atomic E-state index is 0.333. The molecule has 5 nitrogen and oxygen atoms in total. The summed E-state index contributed by atoms with van der Waals surface area (Å²) in [5, 5.41) is 21.4. The van der Waals surface area contributed by atoms with Crippen LogP contribution in [0.2, 0.25) is 0 Å². The van der Waals surface area contributed by atoms with Crippen molar-refractivity contribution in [1.29, 1.82) is 5.26 Å². The molecule has 20 heavy (non-hydrogen) atoms. The third kappa shape index (κ3) is 3.22. The Morgan fingerprint density at radius 1 is 1.35 bits per heavy atom. The van der Waals surface area contributed by atoms with Crippen LogP contribution in [0.4, 0.5) is 5.69 Å². The van der Waals surface area contributed by atoms with Gasteiger partial charge in [0.2, 0.25) is 0 Å². The fourth-order valence-electron chi connectivity index (χ4n) is 2.01. The highest BCUT2D eigenvalue weighted by molar-refractivity contribution is 5.93. The molecule has 1 N–H and O–H groups in total. The van der Waals surface area contributed by atoms with E-state index in [4.69, 9.17) is 4.74 Å². The van der Waals surface area contributed by atoms with Gasteiger partial charge in [0.25, 0.3) is 0 Å². The smallest absolute Gasteiger partial charge is 0.186 e. The molecule has 0 amide bonds. The largest absolute Gasteiger partial charge is 0.382 e. The predicted octanol–water partition coefficient (Wildman–Crippen LogP) is 2.65. The summed E-state index contributed by atoms with van der Waals surface area (Å²) < 4.78 is 5.30. The molecule has 0 radical (unpaired) electrons. The van der Waals surface area contributed by atoms with Crippen molar-refractivity contribution in [2.45, 2.75) is 20.3 Å². The first-order valence-corrected chi connectivity index (χ1v) is 6.75. The molecule has 104 valence electrons. The second-order valence-electron chi connectivity index (χ2n) is 4.53. The van der Waals surface area contributed by atoms with Gasteiger partial charge in [-0.1, -0.05) is 11.6 Å². The summed E-state index contributed by atoms with van der Waals surface area (Å²) in [5.74, 6) is 0. The number of hydrogen-bond donors (Lipinski definition) is 1. The lowest BCUT2D eigenvalue weighted by atomic mass is 10.1. The standard InChI is InChI=1S/C15H18N4O/c1-3-20-8-4-7-17-15-12-9-11(2)5-6-13(12)18-19-14(15)10-16/h5-6,9H,3-4,7-8H2,1-2H3,(H,17,18). The number of anilines is 1. The number of aromatic nitrogens is 2. The quantitative estimate of drug-likeness (QED) is 0.817. The Balaban J connectivity index is 2.24. The van der Waals surface area contributed by atoms with E-state index >= 15 is 0 Å². The summed E-state index contributed by atoms with van der Waals surface area (Å²) in [5.41, 5.74) is 3.02. The highest BCUT2D eigenvalue weighted by atomic mass is 16.5. The van der Waals surface area contributed by atoms with Gasteiger partial charge in [-0.3, -0.25) is 0 Å². The second-order valence-corrected chi connectivity index (χ2v) is 4.53. The Morgan fingerprint density at radius 2 is 2.20 bits per heavy atom. The topological polar surface area (TPSA) is 70.8 Å². The van der Waals surface area contributed by atoms with Crippen LogP contribution in [-0.2, 0) is 4.74 Å². The van der Waals surface area contributed by atoms with E-state index < -0.39 is 0 Å². The van der Waals surface area contributed by atoms with Crippen LogP contribution < -0.4 is 5.32 Å². The molecule has 0 bridgehead atoms. The molecule has 2 aromatic rings. The minimum atomic E-state index is 0.333. The lowest BCUT2D eigenvalue weighted by molar-refractivity contribution is 0.147. The molecule has 0 saturated heterocycles. The van der Waals surface area contributed by atoms with Crippen molar-refractivity contribution >= 4 is 16.6 Å². The average Bonchev–Trinajstić information content (AvgIpc) is 2.47. The highest BCUT2D eigenvalue weighted by Crippen LogP contribution is 2.24. The molecule has 0 saturated carbocycles. The molecule has 0 unspecified atom stereocenters. The average molecular weight is 270 g/mol. The zero-order chi connectivity index (χ0) is 14.4. The van der Waals surface area contributed by atoms with Crippen molar-refractivity contribution < 1.29 is 4.74 Å². The van der Waals surface area contributed by atoms with E-state index in [-0.39, 0.29) is 0 Å². The molecule has 2 rings (SSSR count). The van der Waals surface area contributed by atoms with Gasteiger partial charge in [-0.05, 0) is 32.4 Å². The first kappa shape index (κ1) is 14.2. The molecule has 0 aliphatic carbocycles. The normalized spacial score (nSPS) is 10.4. The van der Waals surface area contributed by atoms with Crippen LogP contribution in [0, 0.1) is 18.3 Å². The monoisotopic (exact) mass is 270 g/mol. The van der Waals surface area contributed by atoms with Crippen LogP contribution in [0.3, 0.4) is 0 Å². The molecule has 5 heteroatoms. The van der Waals surface area contributed by atoms with E-state index in [1.807, 2.05) is 32.0 Å². The van der Waals surface area contributed by atoms with E-state index in [2.05, 4.69) is 21.6 Å². The number of benzene rings is 1. The van der Waals surface area contributed by atoms with Crippen molar-refractivity contribution in [3.05, 3.63) is 29.5 Å². The molecule has 0 spiro atoms. The van der Waals surface area contributed by atoms with Crippen molar-refractivity contribution in [3.8, 4) is 6.07 Å². The van der Waals surface area contributed by atoms with Crippen LogP contribution >= 0.6 is 0 Å². The maximum absolute atomic E-state index is 9.17. The number of nitriles is 1. The highest BCUT2D eigenvalue weighted by Gasteiger charge is 2.10. The van der Waals surface area contributed by atoms with E-state index in [0.29, 0.717) is 12.3 Å². The Kier molecular flexibility index (Phi) is 4.85. The molecule has 1 heterocycles. The van der Waals surface area contributed by atoms with Gasteiger partial charge in [0.15, 0.2) is 5.69 Å². The van der Waals surface area contributed by atoms with Crippen LogP contribution in [0.15, 0.2) is 18.2 Å². The van der Waals surface area contributed by atoms with Crippen LogP contribution in [0.1, 0.15) is 24.6 Å². The van der Waals surface area contributed by atoms with E-state index in [1.165, 1.54) is 0 Å². The number of ether oxygens (including phenoxy) is 1. The molecule has 0 atom stereocenters. The zero-order valence-corrected chi connectivity index (χ0v) is 11.8. The van der Waals surface area contributed by atoms with Gasteiger partial charge in [-0.2, -0.15) is 5.26 Å².